The maximum absolute atomic E-state index is 12.8. The number of aromatic amines is 1. The molecule has 0 aromatic carbocycles. The predicted molar refractivity (Wildman–Crippen MR) is 67.9 cm³/mol. The van der Waals surface area contributed by atoms with Gasteiger partial charge in [0.1, 0.15) is 5.82 Å². The fourth-order valence-corrected chi connectivity index (χ4v) is 2.17. The van der Waals surface area contributed by atoms with Crippen molar-refractivity contribution in [1.82, 2.24) is 29.5 Å². The number of nitrogens with one attached hydrogen (secondary N) is 1. The minimum absolute atomic E-state index is 0.00299. The number of rotatable bonds is 1. The van der Waals surface area contributed by atoms with Gasteiger partial charge >= 0.3 is 6.18 Å². The van der Waals surface area contributed by atoms with Gasteiger partial charge < -0.3 is 9.40 Å². The highest BCUT2D eigenvalue weighted by Gasteiger charge is 2.35. The van der Waals surface area contributed by atoms with Crippen molar-refractivity contribution in [3.05, 3.63) is 30.0 Å². The number of hydrogen-bond acceptors (Lipinski definition) is 5. The lowest BCUT2D eigenvalue weighted by Gasteiger charge is -2.00. The van der Waals surface area contributed by atoms with Crippen LogP contribution in [0.5, 0.6) is 0 Å². The minimum Gasteiger partial charge on any atom is -0.461 e. The fourth-order valence-electron chi connectivity index (χ4n) is 2.17. The summed E-state index contributed by atoms with van der Waals surface area (Å²) in [6, 6.07) is 3.27. The normalized spacial score (nSPS) is 12.5. The van der Waals surface area contributed by atoms with Crippen molar-refractivity contribution in [3.8, 4) is 11.6 Å². The Hall–Kier alpha value is -2.91. The van der Waals surface area contributed by atoms with E-state index >= 15 is 0 Å². The van der Waals surface area contributed by atoms with Gasteiger partial charge in [-0.3, -0.25) is 0 Å². The SMILES string of the molecule is Cc1nc2c3nc(C(F)(F)F)[nH]c3nc(-c3ccco3)n2n1. The van der Waals surface area contributed by atoms with Crippen molar-refractivity contribution in [3.63, 3.8) is 0 Å². The molecule has 0 saturated heterocycles. The van der Waals surface area contributed by atoms with Crippen molar-refractivity contribution in [2.24, 2.45) is 0 Å². The lowest BCUT2D eigenvalue weighted by molar-refractivity contribution is -0.144. The van der Waals surface area contributed by atoms with Crippen LogP contribution in [0.2, 0.25) is 0 Å². The monoisotopic (exact) mass is 308 g/mol. The zero-order valence-electron chi connectivity index (χ0n) is 11.0. The molecule has 0 fully saturated rings. The summed E-state index contributed by atoms with van der Waals surface area (Å²) >= 11 is 0. The van der Waals surface area contributed by atoms with Crippen molar-refractivity contribution < 1.29 is 17.6 Å². The second-order valence-corrected chi connectivity index (χ2v) is 4.59. The van der Waals surface area contributed by atoms with Gasteiger partial charge in [0.2, 0.25) is 11.6 Å². The van der Waals surface area contributed by atoms with E-state index in [0.717, 1.165) is 0 Å². The highest BCUT2D eigenvalue weighted by Crippen LogP contribution is 2.30. The van der Waals surface area contributed by atoms with Crippen molar-refractivity contribution in [2.75, 3.05) is 0 Å². The molecular formula is C12H7F3N6O. The van der Waals surface area contributed by atoms with E-state index in [1.54, 1.807) is 19.1 Å². The molecule has 0 spiro atoms. The van der Waals surface area contributed by atoms with Crippen LogP contribution in [0.3, 0.4) is 0 Å². The van der Waals surface area contributed by atoms with Crippen LogP contribution in [0.4, 0.5) is 13.2 Å². The van der Waals surface area contributed by atoms with Crippen molar-refractivity contribution in [1.29, 1.82) is 0 Å². The number of nitrogens with zero attached hydrogens (tertiary/aromatic N) is 5. The molecule has 0 unspecified atom stereocenters. The van der Waals surface area contributed by atoms with Crippen molar-refractivity contribution >= 4 is 16.8 Å². The third-order valence-electron chi connectivity index (χ3n) is 3.04. The molecule has 10 heteroatoms. The van der Waals surface area contributed by atoms with E-state index in [-0.39, 0.29) is 22.6 Å². The molecule has 0 aliphatic rings. The Morgan fingerprint density at radius 1 is 1.23 bits per heavy atom. The highest BCUT2D eigenvalue weighted by atomic mass is 19.4. The number of alkyl halides is 3. The molecule has 7 nitrogen and oxygen atoms in total. The van der Waals surface area contributed by atoms with Gasteiger partial charge in [-0.05, 0) is 19.1 Å². The molecule has 0 aliphatic carbocycles. The smallest absolute Gasteiger partial charge is 0.449 e. The number of fused-ring (bicyclic) bond motifs is 3. The molecule has 4 heterocycles. The summed E-state index contributed by atoms with van der Waals surface area (Å²) in [6.07, 6.45) is -3.16. The molecule has 22 heavy (non-hydrogen) atoms. The number of aryl methyl sites for hydroxylation is 1. The number of aromatic nitrogens is 6. The number of furan rings is 1. The summed E-state index contributed by atoms with van der Waals surface area (Å²) in [7, 11) is 0. The minimum atomic E-state index is -4.60. The average Bonchev–Trinajstić information content (AvgIpc) is 3.14. The first kappa shape index (κ1) is 12.8. The summed E-state index contributed by atoms with van der Waals surface area (Å²) in [5.74, 6) is -0.141. The van der Waals surface area contributed by atoms with Gasteiger partial charge in [-0.15, -0.1) is 5.10 Å². The molecule has 0 aliphatic heterocycles. The third-order valence-corrected chi connectivity index (χ3v) is 3.04. The van der Waals surface area contributed by atoms with E-state index in [9.17, 15) is 13.2 Å². The largest absolute Gasteiger partial charge is 0.461 e. The summed E-state index contributed by atoms with van der Waals surface area (Å²) in [5, 5.41) is 4.14. The van der Waals surface area contributed by atoms with Gasteiger partial charge in [-0.1, -0.05) is 0 Å². The highest BCUT2D eigenvalue weighted by molar-refractivity contribution is 5.87. The van der Waals surface area contributed by atoms with Crippen LogP contribution < -0.4 is 0 Å². The van der Waals surface area contributed by atoms with Crippen LogP contribution >= 0.6 is 0 Å². The zero-order valence-corrected chi connectivity index (χ0v) is 11.0. The van der Waals surface area contributed by atoms with Gasteiger partial charge in [0, 0.05) is 0 Å². The predicted octanol–water partition coefficient (Wildman–Crippen LogP) is 2.59. The molecule has 4 rings (SSSR count). The Bertz CT molecular complexity index is 982. The molecule has 0 bridgehead atoms. The van der Waals surface area contributed by atoms with Gasteiger partial charge in [-0.2, -0.15) is 17.7 Å². The van der Waals surface area contributed by atoms with E-state index in [1.165, 1.54) is 10.8 Å². The summed E-state index contributed by atoms with van der Waals surface area (Å²) < 4.78 is 45.0. The Morgan fingerprint density at radius 2 is 2.05 bits per heavy atom. The molecule has 0 amide bonds. The van der Waals surface area contributed by atoms with Crippen molar-refractivity contribution in [2.45, 2.75) is 13.1 Å². The van der Waals surface area contributed by atoms with E-state index in [4.69, 9.17) is 4.42 Å². The molecular weight excluding hydrogens is 301 g/mol. The number of halogens is 3. The van der Waals surface area contributed by atoms with E-state index < -0.39 is 12.0 Å². The second kappa shape index (κ2) is 4.06. The summed E-state index contributed by atoms with van der Waals surface area (Å²) in [5.41, 5.74) is 0.155. The van der Waals surface area contributed by atoms with Gasteiger partial charge in [-0.25, -0.2) is 15.0 Å². The maximum Gasteiger partial charge on any atom is 0.449 e. The third kappa shape index (κ3) is 1.76. The quantitative estimate of drug-likeness (QED) is 0.584. The van der Waals surface area contributed by atoms with Gasteiger partial charge in [0.15, 0.2) is 22.6 Å². The molecule has 0 saturated carbocycles. The van der Waals surface area contributed by atoms with E-state index in [1.807, 2.05) is 0 Å². The summed E-state index contributed by atoms with van der Waals surface area (Å²) in [6.45, 7) is 1.63. The first-order valence-corrected chi connectivity index (χ1v) is 6.17. The average molecular weight is 308 g/mol. The first-order chi connectivity index (χ1) is 10.4. The number of imidazole rings is 1. The standard InChI is InChI=1S/C12H7F3N6O/c1-5-16-10-7-8(19-11(17-7)12(13,14)15)18-9(21(10)20-5)6-3-2-4-22-6/h2-4H,1H3,(H,17,19). The Kier molecular flexibility index (Phi) is 2.36. The Labute approximate surface area is 119 Å². The number of H-pyrrole nitrogens is 1. The first-order valence-electron chi connectivity index (χ1n) is 6.17. The Balaban J connectivity index is 2.12. The Morgan fingerprint density at radius 3 is 2.73 bits per heavy atom. The lowest BCUT2D eigenvalue weighted by Crippen LogP contribution is -2.06. The van der Waals surface area contributed by atoms with Crippen LogP contribution in [0.15, 0.2) is 22.8 Å². The lowest BCUT2D eigenvalue weighted by atomic mass is 10.4. The molecule has 1 N–H and O–H groups in total. The number of hydrogen-bond donors (Lipinski definition) is 1. The van der Waals surface area contributed by atoms with Crippen LogP contribution in [-0.4, -0.2) is 29.5 Å². The maximum atomic E-state index is 12.8. The molecule has 0 atom stereocenters. The van der Waals surface area contributed by atoms with E-state index in [2.05, 4.69) is 25.0 Å². The molecule has 4 aromatic rings. The second-order valence-electron chi connectivity index (χ2n) is 4.59. The molecule has 4 aromatic heterocycles. The van der Waals surface area contributed by atoms with Crippen LogP contribution in [0, 0.1) is 6.92 Å². The molecule has 112 valence electrons. The van der Waals surface area contributed by atoms with Crippen LogP contribution in [0.1, 0.15) is 11.6 Å². The van der Waals surface area contributed by atoms with Crippen LogP contribution in [-0.2, 0) is 6.18 Å². The topological polar surface area (TPSA) is 84.9 Å². The molecule has 0 radical (unpaired) electrons. The summed E-state index contributed by atoms with van der Waals surface area (Å²) in [4.78, 5) is 14.0. The van der Waals surface area contributed by atoms with E-state index in [0.29, 0.717) is 11.6 Å². The zero-order chi connectivity index (χ0) is 15.5. The van der Waals surface area contributed by atoms with Gasteiger partial charge in [0.05, 0.1) is 6.26 Å². The fraction of sp³-hybridized carbons (Fsp3) is 0.167. The van der Waals surface area contributed by atoms with Crippen LogP contribution in [0.25, 0.3) is 28.4 Å². The van der Waals surface area contributed by atoms with Gasteiger partial charge in [0.25, 0.3) is 0 Å².